The van der Waals surface area contributed by atoms with E-state index >= 15 is 0 Å². The number of fused-ring (bicyclic) bond motifs is 1. The number of hydrogen-bond donors (Lipinski definition) is 1. The molecule has 1 aromatic carbocycles. The summed E-state index contributed by atoms with van der Waals surface area (Å²) in [5, 5.41) is 0. The van der Waals surface area contributed by atoms with Crippen LogP contribution in [0.1, 0.15) is 32.3 Å². The fourth-order valence-electron chi connectivity index (χ4n) is 2.22. The van der Waals surface area contributed by atoms with E-state index in [1.54, 1.807) is 7.11 Å². The highest BCUT2D eigenvalue weighted by Crippen LogP contribution is 2.39. The summed E-state index contributed by atoms with van der Waals surface area (Å²) in [4.78, 5) is 0. The quantitative estimate of drug-likeness (QED) is 0.798. The molecule has 0 bridgehead atoms. The van der Waals surface area contributed by atoms with Gasteiger partial charge in [-0.3, -0.25) is 0 Å². The molecule has 2 unspecified atom stereocenters. The SMILES string of the molecule is CCC(N)Cc1cc2c(cc1OC(C)CCOC)OCO2. The van der Waals surface area contributed by atoms with Crippen LogP contribution in [0.3, 0.4) is 0 Å². The molecule has 2 N–H and O–H groups in total. The minimum Gasteiger partial charge on any atom is -0.490 e. The molecule has 118 valence electrons. The Morgan fingerprint density at radius 3 is 2.67 bits per heavy atom. The molecule has 1 aliphatic rings. The molecule has 0 aromatic heterocycles. The van der Waals surface area contributed by atoms with E-state index in [2.05, 4.69) is 6.92 Å². The van der Waals surface area contributed by atoms with E-state index in [-0.39, 0.29) is 18.9 Å². The first kappa shape index (κ1) is 15.9. The standard InChI is InChI=1S/C16H25NO4/c1-4-13(17)7-12-8-15-16(20-10-19-15)9-14(12)21-11(2)5-6-18-3/h8-9,11,13H,4-7,10,17H2,1-3H3. The van der Waals surface area contributed by atoms with Crippen molar-refractivity contribution in [1.29, 1.82) is 0 Å². The zero-order valence-corrected chi connectivity index (χ0v) is 13.1. The van der Waals surface area contributed by atoms with E-state index in [0.29, 0.717) is 6.61 Å². The van der Waals surface area contributed by atoms with Crippen LogP contribution >= 0.6 is 0 Å². The third-order valence-electron chi connectivity index (χ3n) is 3.62. The number of nitrogens with two attached hydrogens (primary N) is 1. The van der Waals surface area contributed by atoms with Crippen LogP contribution in [0, 0.1) is 0 Å². The second kappa shape index (κ2) is 7.52. The van der Waals surface area contributed by atoms with Gasteiger partial charge >= 0.3 is 0 Å². The Kier molecular flexibility index (Phi) is 5.70. The lowest BCUT2D eigenvalue weighted by Gasteiger charge is -2.19. The van der Waals surface area contributed by atoms with Gasteiger partial charge in [-0.1, -0.05) is 6.92 Å². The third-order valence-corrected chi connectivity index (χ3v) is 3.62. The Balaban J connectivity index is 2.16. The maximum absolute atomic E-state index is 6.08. The predicted octanol–water partition coefficient (Wildman–Crippen LogP) is 2.50. The lowest BCUT2D eigenvalue weighted by atomic mass is 10.0. The molecule has 0 amide bonds. The molecule has 1 aliphatic heterocycles. The zero-order valence-electron chi connectivity index (χ0n) is 13.1. The van der Waals surface area contributed by atoms with Crippen LogP contribution in [0.5, 0.6) is 17.2 Å². The molecule has 5 heteroatoms. The van der Waals surface area contributed by atoms with Crippen LogP contribution in [0.4, 0.5) is 0 Å². The highest BCUT2D eigenvalue weighted by Gasteiger charge is 2.20. The van der Waals surface area contributed by atoms with Crippen LogP contribution in [0.25, 0.3) is 0 Å². The molecular weight excluding hydrogens is 270 g/mol. The van der Waals surface area contributed by atoms with Crippen molar-refractivity contribution in [3.05, 3.63) is 17.7 Å². The topological polar surface area (TPSA) is 62.9 Å². The Morgan fingerprint density at radius 1 is 1.29 bits per heavy atom. The summed E-state index contributed by atoms with van der Waals surface area (Å²) in [5.74, 6) is 2.33. The van der Waals surface area contributed by atoms with Crippen molar-refractivity contribution in [3.8, 4) is 17.2 Å². The lowest BCUT2D eigenvalue weighted by molar-refractivity contribution is 0.134. The van der Waals surface area contributed by atoms with Gasteiger partial charge in [-0.15, -0.1) is 0 Å². The third kappa shape index (κ3) is 4.25. The van der Waals surface area contributed by atoms with Gasteiger partial charge in [-0.05, 0) is 31.4 Å². The van der Waals surface area contributed by atoms with Gasteiger partial charge in [0, 0.05) is 32.2 Å². The molecule has 2 atom stereocenters. The smallest absolute Gasteiger partial charge is 0.231 e. The van der Waals surface area contributed by atoms with E-state index in [9.17, 15) is 0 Å². The fourth-order valence-corrected chi connectivity index (χ4v) is 2.22. The van der Waals surface area contributed by atoms with Crippen molar-refractivity contribution in [1.82, 2.24) is 0 Å². The molecule has 0 radical (unpaired) electrons. The summed E-state index contributed by atoms with van der Waals surface area (Å²) >= 11 is 0. The van der Waals surface area contributed by atoms with Gasteiger partial charge in [0.25, 0.3) is 0 Å². The molecule has 0 aliphatic carbocycles. The van der Waals surface area contributed by atoms with Crippen molar-refractivity contribution in [2.45, 2.75) is 45.3 Å². The van der Waals surface area contributed by atoms with Gasteiger partial charge < -0.3 is 24.7 Å². The van der Waals surface area contributed by atoms with E-state index < -0.39 is 0 Å². The minimum atomic E-state index is 0.0712. The van der Waals surface area contributed by atoms with Crippen LogP contribution < -0.4 is 19.9 Å². The Morgan fingerprint density at radius 2 is 2.00 bits per heavy atom. The molecule has 2 rings (SSSR count). The van der Waals surface area contributed by atoms with Crippen molar-refractivity contribution >= 4 is 0 Å². The number of hydrogen-bond acceptors (Lipinski definition) is 5. The van der Waals surface area contributed by atoms with E-state index in [1.807, 2.05) is 19.1 Å². The van der Waals surface area contributed by atoms with Gasteiger partial charge in [-0.25, -0.2) is 0 Å². The van der Waals surface area contributed by atoms with E-state index in [4.69, 9.17) is 24.7 Å². The number of ether oxygens (including phenoxy) is 4. The first-order valence-corrected chi connectivity index (χ1v) is 7.47. The van der Waals surface area contributed by atoms with Gasteiger partial charge in [0.1, 0.15) is 5.75 Å². The Hall–Kier alpha value is -1.46. The van der Waals surface area contributed by atoms with Crippen LogP contribution in [0.15, 0.2) is 12.1 Å². The molecule has 0 fully saturated rings. The summed E-state index contributed by atoms with van der Waals surface area (Å²) in [7, 11) is 1.69. The van der Waals surface area contributed by atoms with Gasteiger partial charge in [0.15, 0.2) is 11.5 Å². The normalized spacial score (nSPS) is 15.8. The lowest BCUT2D eigenvalue weighted by Crippen LogP contribution is -2.22. The van der Waals surface area contributed by atoms with Crippen LogP contribution in [0.2, 0.25) is 0 Å². The van der Waals surface area contributed by atoms with Gasteiger partial charge in [0.05, 0.1) is 6.10 Å². The molecule has 21 heavy (non-hydrogen) atoms. The molecule has 1 aromatic rings. The summed E-state index contributed by atoms with van der Waals surface area (Å²) in [6.07, 6.45) is 2.60. The number of rotatable bonds is 8. The van der Waals surface area contributed by atoms with Crippen molar-refractivity contribution < 1.29 is 18.9 Å². The number of methoxy groups -OCH3 is 1. The summed E-state index contributed by atoms with van der Waals surface area (Å²) in [6, 6.07) is 4.00. The van der Waals surface area contributed by atoms with Crippen molar-refractivity contribution in [3.63, 3.8) is 0 Å². The van der Waals surface area contributed by atoms with Crippen molar-refractivity contribution in [2.24, 2.45) is 5.73 Å². The largest absolute Gasteiger partial charge is 0.490 e. The summed E-state index contributed by atoms with van der Waals surface area (Å²) < 4.78 is 22.0. The van der Waals surface area contributed by atoms with Gasteiger partial charge in [0.2, 0.25) is 6.79 Å². The molecule has 1 heterocycles. The second-order valence-electron chi connectivity index (χ2n) is 5.40. The van der Waals surface area contributed by atoms with Gasteiger partial charge in [-0.2, -0.15) is 0 Å². The highest BCUT2D eigenvalue weighted by molar-refractivity contribution is 5.52. The fraction of sp³-hybridized carbons (Fsp3) is 0.625. The molecular formula is C16H25NO4. The Bertz CT molecular complexity index is 464. The first-order chi connectivity index (χ1) is 10.1. The zero-order chi connectivity index (χ0) is 15.2. The average molecular weight is 295 g/mol. The molecule has 0 saturated heterocycles. The van der Waals surface area contributed by atoms with Crippen molar-refractivity contribution in [2.75, 3.05) is 20.5 Å². The maximum atomic E-state index is 6.08. The summed E-state index contributed by atoms with van der Waals surface area (Å²) in [5.41, 5.74) is 7.15. The second-order valence-corrected chi connectivity index (χ2v) is 5.40. The van der Waals surface area contributed by atoms with E-state index in [0.717, 1.165) is 42.1 Å². The molecule has 0 saturated carbocycles. The summed E-state index contributed by atoms with van der Waals surface area (Å²) in [6.45, 7) is 5.05. The van der Waals surface area contributed by atoms with Crippen LogP contribution in [-0.2, 0) is 11.2 Å². The number of benzene rings is 1. The first-order valence-electron chi connectivity index (χ1n) is 7.47. The van der Waals surface area contributed by atoms with Crippen LogP contribution in [-0.4, -0.2) is 32.7 Å². The van der Waals surface area contributed by atoms with E-state index in [1.165, 1.54) is 0 Å². The predicted molar refractivity (Wildman–Crippen MR) is 81.1 cm³/mol. The molecule has 5 nitrogen and oxygen atoms in total. The Labute approximate surface area is 126 Å². The monoisotopic (exact) mass is 295 g/mol. The average Bonchev–Trinajstić information content (AvgIpc) is 2.92. The molecule has 0 spiro atoms. The highest BCUT2D eigenvalue weighted by atomic mass is 16.7. The maximum Gasteiger partial charge on any atom is 0.231 e. The minimum absolute atomic E-state index is 0.0712.